The zero-order chi connectivity index (χ0) is 17.5. The van der Waals surface area contributed by atoms with Gasteiger partial charge in [0.15, 0.2) is 5.17 Å². The summed E-state index contributed by atoms with van der Waals surface area (Å²) in [5.74, 6) is 0.775. The van der Waals surface area contributed by atoms with Gasteiger partial charge in [-0.15, -0.1) is 5.10 Å². The molecule has 4 nitrogen and oxygen atoms in total. The molecule has 0 spiro atoms. The Morgan fingerprint density at radius 1 is 1.16 bits per heavy atom. The SMILES string of the molecule is NC(=NN=Cc1ccc(N2CCCC2)cc1Cl)SCc1ccccc1. The topological polar surface area (TPSA) is 54.0 Å². The van der Waals surface area contributed by atoms with Crippen LogP contribution in [-0.4, -0.2) is 24.5 Å². The lowest BCUT2D eigenvalue weighted by molar-refractivity contribution is 0.949. The number of thioether (sulfide) groups is 1. The van der Waals surface area contributed by atoms with Crippen molar-refractivity contribution in [2.24, 2.45) is 15.9 Å². The number of benzene rings is 2. The summed E-state index contributed by atoms with van der Waals surface area (Å²) >= 11 is 7.82. The Balaban J connectivity index is 1.57. The van der Waals surface area contributed by atoms with Crippen LogP contribution in [-0.2, 0) is 5.75 Å². The maximum Gasteiger partial charge on any atom is 0.180 e. The lowest BCUT2D eigenvalue weighted by atomic mass is 10.2. The summed E-state index contributed by atoms with van der Waals surface area (Å²) in [6, 6.07) is 16.2. The van der Waals surface area contributed by atoms with E-state index in [-0.39, 0.29) is 0 Å². The van der Waals surface area contributed by atoms with Gasteiger partial charge in [-0.3, -0.25) is 0 Å². The minimum atomic E-state index is 0.435. The highest BCUT2D eigenvalue weighted by molar-refractivity contribution is 8.13. The smallest absolute Gasteiger partial charge is 0.180 e. The first kappa shape index (κ1) is 17.8. The van der Waals surface area contributed by atoms with Crippen LogP contribution in [0, 0.1) is 0 Å². The third kappa shape index (κ3) is 5.25. The third-order valence-corrected chi connectivity index (χ3v) is 5.22. The number of rotatable bonds is 5. The third-order valence-electron chi connectivity index (χ3n) is 4.04. The summed E-state index contributed by atoms with van der Waals surface area (Å²) in [5.41, 5.74) is 9.10. The van der Waals surface area contributed by atoms with E-state index in [9.17, 15) is 0 Å². The predicted octanol–water partition coefficient (Wildman–Crippen LogP) is 4.52. The van der Waals surface area contributed by atoms with E-state index in [4.69, 9.17) is 17.3 Å². The van der Waals surface area contributed by atoms with Gasteiger partial charge in [-0.1, -0.05) is 53.7 Å². The van der Waals surface area contributed by atoms with Crippen molar-refractivity contribution in [3.63, 3.8) is 0 Å². The van der Waals surface area contributed by atoms with Gasteiger partial charge in [0.2, 0.25) is 0 Å². The van der Waals surface area contributed by atoms with E-state index in [1.165, 1.54) is 35.9 Å². The summed E-state index contributed by atoms with van der Waals surface area (Å²) in [4.78, 5) is 2.35. The van der Waals surface area contributed by atoms with Crippen LogP contribution < -0.4 is 10.6 Å². The number of hydrogen-bond acceptors (Lipinski definition) is 4. The van der Waals surface area contributed by atoms with Crippen molar-refractivity contribution in [2.45, 2.75) is 18.6 Å². The molecule has 0 amide bonds. The quantitative estimate of drug-likeness (QED) is 0.477. The second kappa shape index (κ2) is 8.92. The molecule has 1 saturated heterocycles. The van der Waals surface area contributed by atoms with Gasteiger partial charge < -0.3 is 10.6 Å². The van der Waals surface area contributed by atoms with E-state index in [1.807, 2.05) is 30.3 Å². The van der Waals surface area contributed by atoms with Crippen molar-refractivity contribution in [2.75, 3.05) is 18.0 Å². The van der Waals surface area contributed by atoms with Gasteiger partial charge >= 0.3 is 0 Å². The average Bonchev–Trinajstić information content (AvgIpc) is 3.17. The van der Waals surface area contributed by atoms with Crippen molar-refractivity contribution >= 4 is 40.4 Å². The van der Waals surface area contributed by atoms with Gasteiger partial charge in [-0.25, -0.2) is 0 Å². The molecule has 25 heavy (non-hydrogen) atoms. The highest BCUT2D eigenvalue weighted by Crippen LogP contribution is 2.25. The Labute approximate surface area is 157 Å². The molecule has 2 aromatic rings. The number of amidine groups is 1. The first-order valence-corrected chi connectivity index (χ1v) is 9.66. The standard InChI is InChI=1S/C19H21ClN4S/c20-18-12-17(24-10-4-5-11-24)9-8-16(18)13-22-23-19(21)25-14-15-6-2-1-3-7-15/h1-3,6-9,12-13H,4-5,10-11,14H2,(H2,21,23). The number of anilines is 1. The summed E-state index contributed by atoms with van der Waals surface area (Å²) in [6.07, 6.45) is 4.14. The molecule has 0 bridgehead atoms. The maximum atomic E-state index is 6.36. The molecule has 130 valence electrons. The van der Waals surface area contributed by atoms with E-state index in [0.29, 0.717) is 10.2 Å². The van der Waals surface area contributed by atoms with Gasteiger partial charge in [0.1, 0.15) is 0 Å². The fourth-order valence-corrected chi connectivity index (χ4v) is 3.54. The number of hydrogen-bond donors (Lipinski definition) is 1. The molecule has 2 aromatic carbocycles. The Kier molecular flexibility index (Phi) is 6.36. The highest BCUT2D eigenvalue weighted by Gasteiger charge is 2.13. The van der Waals surface area contributed by atoms with Crippen LogP contribution in [0.3, 0.4) is 0 Å². The zero-order valence-electron chi connectivity index (χ0n) is 13.9. The van der Waals surface area contributed by atoms with Gasteiger partial charge in [-0.2, -0.15) is 5.10 Å². The normalized spacial score (nSPS) is 15.2. The van der Waals surface area contributed by atoms with E-state index in [2.05, 4.69) is 33.3 Å². The lowest BCUT2D eigenvalue weighted by Crippen LogP contribution is -2.17. The maximum absolute atomic E-state index is 6.36. The molecule has 3 rings (SSSR count). The van der Waals surface area contributed by atoms with Crippen LogP contribution in [0.15, 0.2) is 58.7 Å². The van der Waals surface area contributed by atoms with Crippen LogP contribution in [0.5, 0.6) is 0 Å². The second-order valence-corrected chi connectivity index (χ2v) is 7.26. The molecular weight excluding hydrogens is 352 g/mol. The number of nitrogens with two attached hydrogens (primary N) is 1. The van der Waals surface area contributed by atoms with Crippen molar-refractivity contribution < 1.29 is 0 Å². The highest BCUT2D eigenvalue weighted by atomic mass is 35.5. The van der Waals surface area contributed by atoms with Crippen LogP contribution in [0.1, 0.15) is 24.0 Å². The Bertz CT molecular complexity index is 755. The van der Waals surface area contributed by atoms with E-state index in [1.54, 1.807) is 6.21 Å². The number of nitrogens with zero attached hydrogens (tertiary/aromatic N) is 3. The predicted molar refractivity (Wildman–Crippen MR) is 110 cm³/mol. The molecule has 0 atom stereocenters. The largest absolute Gasteiger partial charge is 0.377 e. The molecule has 1 aliphatic heterocycles. The van der Waals surface area contributed by atoms with Crippen molar-refractivity contribution in [1.29, 1.82) is 0 Å². The summed E-state index contributed by atoms with van der Waals surface area (Å²) in [7, 11) is 0. The van der Waals surface area contributed by atoms with Gasteiger partial charge in [0.05, 0.1) is 11.2 Å². The Morgan fingerprint density at radius 2 is 1.92 bits per heavy atom. The van der Waals surface area contributed by atoms with Crippen molar-refractivity contribution in [3.05, 3.63) is 64.7 Å². The fourth-order valence-electron chi connectivity index (χ4n) is 2.70. The first-order chi connectivity index (χ1) is 12.2. The van der Waals surface area contributed by atoms with Crippen LogP contribution in [0.2, 0.25) is 5.02 Å². The monoisotopic (exact) mass is 372 g/mol. The number of halogens is 1. The summed E-state index contributed by atoms with van der Waals surface area (Å²) in [6.45, 7) is 2.20. The lowest BCUT2D eigenvalue weighted by Gasteiger charge is -2.18. The van der Waals surface area contributed by atoms with Gasteiger partial charge in [-0.05, 0) is 36.6 Å². The summed E-state index contributed by atoms with van der Waals surface area (Å²) < 4.78 is 0. The molecule has 1 aliphatic rings. The second-order valence-electron chi connectivity index (χ2n) is 5.86. The summed E-state index contributed by atoms with van der Waals surface area (Å²) in [5, 5.41) is 9.21. The van der Waals surface area contributed by atoms with Gasteiger partial charge in [0, 0.05) is 30.1 Å². The molecule has 1 heterocycles. The molecule has 1 fully saturated rings. The Morgan fingerprint density at radius 3 is 2.64 bits per heavy atom. The van der Waals surface area contributed by atoms with E-state index < -0.39 is 0 Å². The fraction of sp³-hybridized carbons (Fsp3) is 0.263. The van der Waals surface area contributed by atoms with Crippen molar-refractivity contribution in [3.8, 4) is 0 Å². The molecule has 6 heteroatoms. The minimum absolute atomic E-state index is 0.435. The van der Waals surface area contributed by atoms with Crippen LogP contribution >= 0.6 is 23.4 Å². The molecule has 0 radical (unpaired) electrons. The van der Waals surface area contributed by atoms with Crippen molar-refractivity contribution in [1.82, 2.24) is 0 Å². The van der Waals surface area contributed by atoms with E-state index >= 15 is 0 Å². The minimum Gasteiger partial charge on any atom is -0.377 e. The first-order valence-electron chi connectivity index (χ1n) is 8.30. The molecule has 0 aliphatic carbocycles. The Hall–Kier alpha value is -1.98. The molecule has 0 aromatic heterocycles. The molecule has 0 saturated carbocycles. The van der Waals surface area contributed by atoms with Crippen LogP contribution in [0.25, 0.3) is 0 Å². The molecule has 2 N–H and O–H groups in total. The van der Waals surface area contributed by atoms with Gasteiger partial charge in [0.25, 0.3) is 0 Å². The molecule has 0 unspecified atom stereocenters. The van der Waals surface area contributed by atoms with Crippen LogP contribution in [0.4, 0.5) is 5.69 Å². The zero-order valence-corrected chi connectivity index (χ0v) is 15.5. The van der Waals surface area contributed by atoms with E-state index in [0.717, 1.165) is 24.4 Å². The average molecular weight is 373 g/mol. The molecular formula is C19H21ClN4S.